The summed E-state index contributed by atoms with van der Waals surface area (Å²) in [4.78, 5) is 25.9. The standard InChI is InChI=1S/C39H54O5/c1-24(2)27-16-21-39(34(42)43)23-22-37(6)28(33(27)39)13-14-30-36(5)19-18-31(35(3,4)29(36)17-20-38(30,37)7)44-32(41)15-10-25-8-11-26(40)12-9-25/h8-12,15,27-31,33,40H,1,13-14,16-23H2,2-7H3,(H,42,43)/t27-,28+,29-,30+,31+,33+,36-,37+,38+,39-/m0/s1. The molecule has 0 heterocycles. The third kappa shape index (κ3) is 4.37. The van der Waals surface area contributed by atoms with E-state index in [9.17, 15) is 19.8 Å². The lowest BCUT2D eigenvalue weighted by Gasteiger charge is -2.72. The highest BCUT2D eigenvalue weighted by molar-refractivity contribution is 5.87. The zero-order valence-corrected chi connectivity index (χ0v) is 27.8. The number of phenols is 1. The maximum Gasteiger partial charge on any atom is 0.331 e. The van der Waals surface area contributed by atoms with E-state index < -0.39 is 11.4 Å². The van der Waals surface area contributed by atoms with Gasteiger partial charge < -0.3 is 14.9 Å². The van der Waals surface area contributed by atoms with E-state index in [4.69, 9.17) is 4.74 Å². The SMILES string of the molecule is C=C(C)[C@@H]1CC[C@]2(C(=O)O)CC[C@]3(C)[C@H](CC[C@@H]4[C@@]5(C)CC[C@@H](OC(=O)C=Cc6ccc(O)cc6)C(C)(C)[C@@H]5CC[C@]43C)[C@@H]12. The van der Waals surface area contributed by atoms with Gasteiger partial charge in [0.05, 0.1) is 5.41 Å². The Bertz CT molecular complexity index is 1360. The zero-order valence-electron chi connectivity index (χ0n) is 27.8. The van der Waals surface area contributed by atoms with Crippen molar-refractivity contribution in [3.8, 4) is 5.75 Å². The average Bonchev–Trinajstić information content (AvgIpc) is 3.36. The molecule has 0 aliphatic heterocycles. The summed E-state index contributed by atoms with van der Waals surface area (Å²) in [5.74, 6) is 1.29. The number of carbonyl (C=O) groups is 2. The molecule has 5 aliphatic rings. The van der Waals surface area contributed by atoms with Gasteiger partial charge >= 0.3 is 11.9 Å². The van der Waals surface area contributed by atoms with Crippen molar-refractivity contribution in [1.82, 2.24) is 0 Å². The fraction of sp³-hybridized carbons (Fsp3) is 0.692. The molecule has 5 aliphatic carbocycles. The van der Waals surface area contributed by atoms with E-state index in [0.717, 1.165) is 69.8 Å². The predicted octanol–water partition coefficient (Wildman–Crippen LogP) is 9.06. The van der Waals surface area contributed by atoms with Crippen LogP contribution in [-0.2, 0) is 14.3 Å². The predicted molar refractivity (Wildman–Crippen MR) is 174 cm³/mol. The Labute approximate surface area is 264 Å². The van der Waals surface area contributed by atoms with Crippen molar-refractivity contribution in [3.05, 3.63) is 48.1 Å². The quantitative estimate of drug-likeness (QED) is 0.200. The van der Waals surface area contributed by atoms with Crippen LogP contribution in [0.3, 0.4) is 0 Å². The lowest BCUT2D eigenvalue weighted by atomic mass is 9.32. The maximum absolute atomic E-state index is 13.0. The van der Waals surface area contributed by atoms with E-state index in [1.807, 2.05) is 0 Å². The van der Waals surface area contributed by atoms with E-state index in [-0.39, 0.29) is 45.4 Å². The van der Waals surface area contributed by atoms with Crippen molar-refractivity contribution >= 4 is 18.0 Å². The summed E-state index contributed by atoms with van der Waals surface area (Å²) >= 11 is 0. The minimum absolute atomic E-state index is 0.109. The number of carboxylic acids is 1. The van der Waals surface area contributed by atoms with Gasteiger partial charge in [0.1, 0.15) is 11.9 Å². The van der Waals surface area contributed by atoms with Gasteiger partial charge in [-0.1, -0.05) is 58.9 Å². The van der Waals surface area contributed by atoms with Crippen LogP contribution in [0.25, 0.3) is 6.08 Å². The molecule has 240 valence electrons. The molecular formula is C39H54O5. The second-order valence-electron chi connectivity index (χ2n) is 16.9. The van der Waals surface area contributed by atoms with Gasteiger partial charge in [-0.15, -0.1) is 0 Å². The molecule has 0 bridgehead atoms. The van der Waals surface area contributed by atoms with E-state index in [1.54, 1.807) is 30.3 Å². The molecule has 0 aromatic heterocycles. The number of aliphatic carboxylic acids is 1. The lowest BCUT2D eigenvalue weighted by molar-refractivity contribution is -0.250. The minimum Gasteiger partial charge on any atom is -0.508 e. The van der Waals surface area contributed by atoms with Crippen LogP contribution in [0.2, 0.25) is 0 Å². The van der Waals surface area contributed by atoms with Gasteiger partial charge in [0.15, 0.2) is 0 Å². The molecule has 1 aromatic carbocycles. The summed E-state index contributed by atoms with van der Waals surface area (Å²) in [6.07, 6.45) is 13.2. The van der Waals surface area contributed by atoms with Crippen molar-refractivity contribution in [1.29, 1.82) is 0 Å². The number of rotatable bonds is 5. The Morgan fingerprint density at radius 2 is 1.57 bits per heavy atom. The van der Waals surface area contributed by atoms with E-state index in [1.165, 1.54) is 11.6 Å². The van der Waals surface area contributed by atoms with Crippen molar-refractivity contribution in [2.75, 3.05) is 0 Å². The second kappa shape index (κ2) is 10.5. The molecule has 5 nitrogen and oxygen atoms in total. The number of hydrogen-bond donors (Lipinski definition) is 2. The van der Waals surface area contributed by atoms with Gasteiger partial charge in [-0.2, -0.15) is 0 Å². The number of allylic oxidation sites excluding steroid dienone is 1. The first kappa shape index (κ1) is 31.4. The molecule has 5 heteroatoms. The minimum atomic E-state index is -0.585. The fourth-order valence-corrected chi connectivity index (χ4v) is 12.6. The van der Waals surface area contributed by atoms with Crippen LogP contribution in [0.1, 0.15) is 111 Å². The number of carboxylic acid groups (broad SMARTS) is 1. The number of benzene rings is 1. The van der Waals surface area contributed by atoms with Crippen LogP contribution in [0.4, 0.5) is 0 Å². The Hall–Kier alpha value is -2.56. The monoisotopic (exact) mass is 602 g/mol. The molecule has 0 amide bonds. The van der Waals surface area contributed by atoms with Crippen molar-refractivity contribution < 1.29 is 24.5 Å². The first-order valence-corrected chi connectivity index (χ1v) is 17.2. The molecule has 1 aromatic rings. The fourth-order valence-electron chi connectivity index (χ4n) is 12.6. The first-order valence-electron chi connectivity index (χ1n) is 17.2. The Kier molecular flexibility index (Phi) is 7.49. The number of phenolic OH excluding ortho intramolecular Hbond substituents is 1. The van der Waals surface area contributed by atoms with E-state index >= 15 is 0 Å². The van der Waals surface area contributed by atoms with Gasteiger partial charge in [0.25, 0.3) is 0 Å². The number of fused-ring (bicyclic) bond motifs is 7. The lowest BCUT2D eigenvalue weighted by Crippen LogP contribution is -2.67. The van der Waals surface area contributed by atoms with Crippen LogP contribution in [0.15, 0.2) is 42.5 Å². The second-order valence-corrected chi connectivity index (χ2v) is 16.9. The van der Waals surface area contributed by atoms with Crippen LogP contribution >= 0.6 is 0 Å². The molecule has 5 fully saturated rings. The number of ether oxygens (including phenoxy) is 1. The molecule has 44 heavy (non-hydrogen) atoms. The van der Waals surface area contributed by atoms with Gasteiger partial charge in [-0.05, 0) is 141 Å². The van der Waals surface area contributed by atoms with Crippen LogP contribution in [-0.4, -0.2) is 28.3 Å². The van der Waals surface area contributed by atoms with Crippen LogP contribution in [0, 0.1) is 56.7 Å². The highest BCUT2D eigenvalue weighted by atomic mass is 16.5. The van der Waals surface area contributed by atoms with Gasteiger partial charge in [-0.3, -0.25) is 4.79 Å². The molecular weight excluding hydrogens is 548 g/mol. The average molecular weight is 603 g/mol. The highest BCUT2D eigenvalue weighted by Crippen LogP contribution is 2.77. The summed E-state index contributed by atoms with van der Waals surface area (Å²) in [6.45, 7) is 18.8. The summed E-state index contributed by atoms with van der Waals surface area (Å²) in [5.41, 5.74) is 1.71. The summed E-state index contributed by atoms with van der Waals surface area (Å²) in [5, 5.41) is 20.2. The van der Waals surface area contributed by atoms with Gasteiger partial charge in [0.2, 0.25) is 0 Å². The molecule has 2 N–H and O–H groups in total. The topological polar surface area (TPSA) is 83.8 Å². The van der Waals surface area contributed by atoms with Crippen LogP contribution in [0.5, 0.6) is 5.75 Å². The smallest absolute Gasteiger partial charge is 0.331 e. The molecule has 10 atom stereocenters. The highest BCUT2D eigenvalue weighted by Gasteiger charge is 2.72. The summed E-state index contributed by atoms with van der Waals surface area (Å²) < 4.78 is 6.19. The van der Waals surface area contributed by atoms with Gasteiger partial charge in [-0.25, -0.2) is 4.79 Å². The first-order chi connectivity index (χ1) is 20.6. The number of esters is 1. The molecule has 5 saturated carbocycles. The number of hydrogen-bond acceptors (Lipinski definition) is 4. The molecule has 0 saturated heterocycles. The third-order valence-corrected chi connectivity index (χ3v) is 15.0. The Morgan fingerprint density at radius 1 is 0.864 bits per heavy atom. The van der Waals surface area contributed by atoms with Crippen molar-refractivity contribution in [2.24, 2.45) is 56.7 Å². The normalized spacial score (nSPS) is 44.1. The number of aromatic hydroxyl groups is 1. The molecule has 0 spiro atoms. The Balaban J connectivity index is 1.24. The van der Waals surface area contributed by atoms with Crippen LogP contribution < -0.4 is 0 Å². The third-order valence-electron chi connectivity index (χ3n) is 15.0. The largest absolute Gasteiger partial charge is 0.508 e. The Morgan fingerprint density at radius 3 is 2.23 bits per heavy atom. The molecule has 0 radical (unpaired) electrons. The summed E-state index contributed by atoms with van der Waals surface area (Å²) in [7, 11) is 0. The van der Waals surface area contributed by atoms with Crippen molar-refractivity contribution in [2.45, 2.75) is 112 Å². The van der Waals surface area contributed by atoms with E-state index in [2.05, 4.69) is 48.1 Å². The number of carbonyl (C=O) groups excluding carboxylic acids is 1. The summed E-state index contributed by atoms with van der Waals surface area (Å²) in [6, 6.07) is 6.79. The molecule has 0 unspecified atom stereocenters. The van der Waals surface area contributed by atoms with Crippen molar-refractivity contribution in [3.63, 3.8) is 0 Å². The maximum atomic E-state index is 13.0. The zero-order chi connectivity index (χ0) is 31.9. The van der Waals surface area contributed by atoms with Gasteiger partial charge in [0, 0.05) is 11.5 Å². The molecule has 6 rings (SSSR count). The van der Waals surface area contributed by atoms with E-state index in [0.29, 0.717) is 23.7 Å².